The number of nitrogens with zero attached hydrogens (tertiary/aromatic N) is 1. The molecule has 12 rings (SSSR count). The summed E-state index contributed by atoms with van der Waals surface area (Å²) < 4.78 is 33.7. The first-order valence-electron chi connectivity index (χ1n) is 18.9. The molecule has 2 atom stereocenters. The second-order valence-corrected chi connectivity index (χ2v) is 17.1. The molecular formula is C49H29NO5S3. The molecule has 58 heavy (non-hydrogen) atoms. The van der Waals surface area contributed by atoms with Crippen molar-refractivity contribution in [2.24, 2.45) is 0 Å². The molecule has 0 N–H and O–H groups in total. The third-order valence-electron chi connectivity index (χ3n) is 10.7. The summed E-state index contributed by atoms with van der Waals surface area (Å²) in [4.78, 5) is 11.0. The van der Waals surface area contributed by atoms with Gasteiger partial charge >= 0.3 is 0 Å². The minimum atomic E-state index is -0.799. The van der Waals surface area contributed by atoms with Gasteiger partial charge in [0.2, 0.25) is 12.0 Å². The molecule has 0 spiro atoms. The lowest BCUT2D eigenvalue weighted by Crippen LogP contribution is -2.24. The number of para-hydroxylation sites is 2. The summed E-state index contributed by atoms with van der Waals surface area (Å²) in [7, 11) is 0. The highest BCUT2D eigenvalue weighted by atomic mass is 32.2. The van der Waals surface area contributed by atoms with Gasteiger partial charge in [-0.1, -0.05) is 96.3 Å². The predicted octanol–water partition coefficient (Wildman–Crippen LogP) is 14.4. The largest absolute Gasteiger partial charge is 0.489 e. The molecule has 9 heteroatoms. The van der Waals surface area contributed by atoms with Crippen molar-refractivity contribution in [3.05, 3.63) is 181 Å². The van der Waals surface area contributed by atoms with Crippen molar-refractivity contribution in [1.29, 1.82) is 0 Å². The average Bonchev–Trinajstić information content (AvgIpc) is 4.12. The lowest BCUT2D eigenvalue weighted by molar-refractivity contribution is 0.208. The molecule has 0 bridgehead atoms. The van der Waals surface area contributed by atoms with Gasteiger partial charge in [0, 0.05) is 63.1 Å². The Labute approximate surface area is 345 Å². The SMILES string of the molecule is C1=COC(C2=C(c3occ4ccccc34)C(c3nc4ccccc4o3)Oc3cc(-c4cccs4)c(-c4cccc5c4Sc4ccccc4S5)c(-c4ccco4)c32)C=C1. The van der Waals surface area contributed by atoms with Crippen LogP contribution in [-0.2, 0) is 4.74 Å². The first-order valence-corrected chi connectivity index (χ1v) is 21.4. The van der Waals surface area contributed by atoms with E-state index < -0.39 is 12.2 Å². The van der Waals surface area contributed by atoms with Crippen LogP contribution in [0.2, 0.25) is 0 Å². The summed E-state index contributed by atoms with van der Waals surface area (Å²) in [6, 6.07) is 41.6. The molecule has 3 aliphatic rings. The van der Waals surface area contributed by atoms with Crippen LogP contribution < -0.4 is 4.74 Å². The van der Waals surface area contributed by atoms with Gasteiger partial charge in [0.25, 0.3) is 0 Å². The highest BCUT2D eigenvalue weighted by molar-refractivity contribution is 8.05. The molecule has 0 aliphatic carbocycles. The van der Waals surface area contributed by atoms with Gasteiger partial charge in [-0.05, 0) is 77.7 Å². The fourth-order valence-electron chi connectivity index (χ4n) is 8.26. The Balaban J connectivity index is 1.23. The number of fused-ring (bicyclic) bond motifs is 5. The number of benzene rings is 5. The van der Waals surface area contributed by atoms with E-state index in [1.54, 1.807) is 30.1 Å². The van der Waals surface area contributed by atoms with Crippen molar-refractivity contribution in [3.63, 3.8) is 0 Å². The third-order valence-corrected chi connectivity index (χ3v) is 14.2. The molecule has 3 aliphatic heterocycles. The molecule has 0 amide bonds. The zero-order valence-electron chi connectivity index (χ0n) is 30.5. The number of ether oxygens (including phenoxy) is 2. The maximum absolute atomic E-state index is 7.36. The molecule has 4 aromatic heterocycles. The predicted molar refractivity (Wildman–Crippen MR) is 231 cm³/mol. The van der Waals surface area contributed by atoms with Gasteiger partial charge in [-0.25, -0.2) is 4.98 Å². The topological polar surface area (TPSA) is 70.8 Å². The van der Waals surface area contributed by atoms with Crippen LogP contribution in [0.15, 0.2) is 197 Å². The fraction of sp³-hybridized carbons (Fsp3) is 0.0408. The fourth-order valence-corrected chi connectivity index (χ4v) is 11.4. The van der Waals surface area contributed by atoms with Crippen molar-refractivity contribution >= 4 is 67.9 Å². The van der Waals surface area contributed by atoms with Crippen LogP contribution in [-0.4, -0.2) is 11.1 Å². The van der Waals surface area contributed by atoms with Crippen molar-refractivity contribution in [2.75, 3.05) is 0 Å². The maximum Gasteiger partial charge on any atom is 0.241 e. The first kappa shape index (κ1) is 33.7. The summed E-state index contributed by atoms with van der Waals surface area (Å²) >= 11 is 5.31. The van der Waals surface area contributed by atoms with Crippen molar-refractivity contribution in [2.45, 2.75) is 31.8 Å². The van der Waals surface area contributed by atoms with E-state index in [1.165, 1.54) is 19.6 Å². The number of hydrogen-bond donors (Lipinski definition) is 0. The van der Waals surface area contributed by atoms with E-state index in [1.807, 2.05) is 84.2 Å². The van der Waals surface area contributed by atoms with E-state index in [-0.39, 0.29) is 0 Å². The molecule has 0 saturated heterocycles. The number of furan rings is 2. The standard InChI is InChI=1S/C49H29NO5S3/c1-2-13-29-28(12-1)27-53-46(29)45-43(34-17-7-8-23-51-34)44-36(54-47(45)49-50-32-15-3-4-16-33(32)55-49)26-31(37-22-11-25-56-37)41(42(44)35-18-10-24-52-35)30-14-9-21-40-48(30)58-39-20-6-5-19-38(39)57-40/h1-27,34,47H. The van der Waals surface area contributed by atoms with Crippen molar-refractivity contribution in [3.8, 4) is 38.6 Å². The molecule has 5 aromatic carbocycles. The summed E-state index contributed by atoms with van der Waals surface area (Å²) in [5, 5.41) is 4.03. The van der Waals surface area contributed by atoms with E-state index in [2.05, 4.69) is 84.3 Å². The molecule has 7 heterocycles. The molecule has 6 nitrogen and oxygen atoms in total. The normalized spacial score (nSPS) is 16.9. The first-order chi connectivity index (χ1) is 28.8. The Morgan fingerprint density at radius 3 is 2.36 bits per heavy atom. The van der Waals surface area contributed by atoms with Crippen LogP contribution in [0.5, 0.6) is 5.75 Å². The quantitative estimate of drug-likeness (QED) is 0.164. The van der Waals surface area contributed by atoms with Crippen LogP contribution in [0.3, 0.4) is 0 Å². The minimum absolute atomic E-state index is 0.417. The molecule has 0 fully saturated rings. The van der Waals surface area contributed by atoms with Crippen molar-refractivity contribution < 1.29 is 22.7 Å². The maximum atomic E-state index is 7.36. The highest BCUT2D eigenvalue weighted by Gasteiger charge is 2.43. The summed E-state index contributed by atoms with van der Waals surface area (Å²) in [5.41, 5.74) is 7.97. The van der Waals surface area contributed by atoms with Crippen LogP contribution in [0.4, 0.5) is 0 Å². The van der Waals surface area contributed by atoms with Gasteiger partial charge in [-0.15, -0.1) is 11.3 Å². The smallest absolute Gasteiger partial charge is 0.241 e. The average molecular weight is 808 g/mol. The number of hydrogen-bond acceptors (Lipinski definition) is 9. The van der Waals surface area contributed by atoms with Crippen LogP contribution in [0.25, 0.3) is 65.9 Å². The molecule has 2 unspecified atom stereocenters. The van der Waals surface area contributed by atoms with Crippen molar-refractivity contribution in [1.82, 2.24) is 4.98 Å². The van der Waals surface area contributed by atoms with E-state index in [0.29, 0.717) is 28.7 Å². The van der Waals surface area contributed by atoms with Gasteiger partial charge in [0.05, 0.1) is 24.4 Å². The minimum Gasteiger partial charge on any atom is -0.489 e. The molecular weight excluding hydrogens is 779 g/mol. The second kappa shape index (κ2) is 13.6. The van der Waals surface area contributed by atoms with Crippen LogP contribution >= 0.6 is 34.9 Å². The molecule has 0 saturated carbocycles. The van der Waals surface area contributed by atoms with E-state index in [0.717, 1.165) is 60.1 Å². The van der Waals surface area contributed by atoms with Crippen LogP contribution in [0.1, 0.15) is 23.3 Å². The monoisotopic (exact) mass is 807 g/mol. The van der Waals surface area contributed by atoms with Gasteiger partial charge in [0.1, 0.15) is 28.9 Å². The van der Waals surface area contributed by atoms with E-state index in [4.69, 9.17) is 27.7 Å². The van der Waals surface area contributed by atoms with Crippen LogP contribution in [0, 0.1) is 0 Å². The Kier molecular flexibility index (Phi) is 7.92. The lowest BCUT2D eigenvalue weighted by atomic mass is 9.79. The Morgan fingerprint density at radius 2 is 1.52 bits per heavy atom. The molecule has 9 aromatic rings. The third kappa shape index (κ3) is 5.38. The number of thiophene rings is 1. The zero-order valence-corrected chi connectivity index (χ0v) is 32.9. The van der Waals surface area contributed by atoms with Gasteiger partial charge < -0.3 is 22.7 Å². The molecule has 278 valence electrons. The van der Waals surface area contributed by atoms with Gasteiger partial charge in [0.15, 0.2) is 5.58 Å². The highest BCUT2D eigenvalue weighted by Crippen LogP contribution is 2.60. The summed E-state index contributed by atoms with van der Waals surface area (Å²) in [6.07, 6.45) is 9.94. The molecule has 0 radical (unpaired) electrons. The van der Waals surface area contributed by atoms with Gasteiger partial charge in [-0.2, -0.15) is 0 Å². The Bertz CT molecular complexity index is 3120. The lowest BCUT2D eigenvalue weighted by Gasteiger charge is -2.35. The Morgan fingerprint density at radius 1 is 0.655 bits per heavy atom. The number of oxazole rings is 1. The number of aromatic nitrogens is 1. The van der Waals surface area contributed by atoms with E-state index >= 15 is 0 Å². The zero-order chi connectivity index (χ0) is 38.2. The number of rotatable bonds is 6. The second-order valence-electron chi connectivity index (χ2n) is 14.1. The summed E-state index contributed by atoms with van der Waals surface area (Å²) in [5.74, 6) is 2.44. The Hall–Kier alpha value is -6.39. The summed E-state index contributed by atoms with van der Waals surface area (Å²) in [6.45, 7) is 0. The number of allylic oxidation sites excluding steroid dienone is 2. The van der Waals surface area contributed by atoms with E-state index in [9.17, 15) is 0 Å². The van der Waals surface area contributed by atoms with Gasteiger partial charge in [-0.3, -0.25) is 0 Å².